The highest BCUT2D eigenvalue weighted by Gasteiger charge is 2.51. The Morgan fingerprint density at radius 3 is 2.64 bits per heavy atom. The first-order valence-electron chi connectivity index (χ1n) is 19.0. The van der Waals surface area contributed by atoms with Crippen LogP contribution in [0.15, 0.2) is 47.4 Å². The van der Waals surface area contributed by atoms with Crippen molar-refractivity contribution in [2.75, 3.05) is 47.1 Å². The molecule has 1 aliphatic carbocycles. The molecule has 2 aromatic carbocycles. The molecule has 1 saturated carbocycles. The molecule has 2 amide bonds. The average molecular weight is 787 g/mol. The number of nitrogens with zero attached hydrogens (tertiary/aromatic N) is 6. The van der Waals surface area contributed by atoms with Gasteiger partial charge in [0.15, 0.2) is 12.4 Å². The van der Waals surface area contributed by atoms with Crippen molar-refractivity contribution < 1.29 is 23.1 Å². The van der Waals surface area contributed by atoms with Crippen molar-refractivity contribution in [3.05, 3.63) is 63.7 Å². The van der Waals surface area contributed by atoms with Gasteiger partial charge in [-0.3, -0.25) is 24.4 Å². The zero-order valence-corrected chi connectivity index (χ0v) is 31.6. The highest BCUT2D eigenvalue weighted by Crippen LogP contribution is 2.46. The highest BCUT2D eigenvalue weighted by atomic mass is 35.5. The van der Waals surface area contributed by atoms with Crippen LogP contribution in [0.1, 0.15) is 50.1 Å². The lowest BCUT2D eigenvalue weighted by Gasteiger charge is -2.33. The molecule has 3 aromatic heterocycles. The van der Waals surface area contributed by atoms with Crippen LogP contribution in [0.2, 0.25) is 5.02 Å². The number of pyridine rings is 1. The summed E-state index contributed by atoms with van der Waals surface area (Å²) >= 11 is 6.62. The SMILES string of the molecule is Cn1nc(C2CCC(=O)NC2=O)c2ccc(NC[C@H]3CCCN(c4ncc(Cl)c(Nc5ccc6c(c5)c5c(c(=O)n6C)OCC(F)(F)[C@H](C6CC6)N5)n4)C3)cc21. The van der Waals surface area contributed by atoms with E-state index >= 15 is 8.78 Å². The summed E-state index contributed by atoms with van der Waals surface area (Å²) in [4.78, 5) is 49.0. The monoisotopic (exact) mass is 786 g/mol. The molecule has 17 heteroatoms. The summed E-state index contributed by atoms with van der Waals surface area (Å²) in [6.07, 6.45) is 5.66. The Hall–Kier alpha value is -5.51. The van der Waals surface area contributed by atoms with Crippen molar-refractivity contribution >= 4 is 74.0 Å². The molecule has 0 spiro atoms. The number of benzene rings is 2. The van der Waals surface area contributed by atoms with Crippen LogP contribution < -0.4 is 36.5 Å². The maximum atomic E-state index is 15.1. The molecule has 56 heavy (non-hydrogen) atoms. The molecule has 9 rings (SSSR count). The number of carbonyl (C=O) groups excluding carboxylic acids is 2. The number of anilines is 5. The fourth-order valence-electron chi connectivity index (χ4n) is 8.30. The molecule has 3 fully saturated rings. The zero-order chi connectivity index (χ0) is 38.9. The lowest BCUT2D eigenvalue weighted by atomic mass is 9.93. The summed E-state index contributed by atoms with van der Waals surface area (Å²) in [6, 6.07) is 10.2. The zero-order valence-electron chi connectivity index (χ0n) is 30.9. The number of amides is 2. The van der Waals surface area contributed by atoms with Gasteiger partial charge < -0.3 is 30.2 Å². The van der Waals surface area contributed by atoms with Crippen LogP contribution in [-0.2, 0) is 23.7 Å². The lowest BCUT2D eigenvalue weighted by Crippen LogP contribution is -2.44. The fourth-order valence-corrected chi connectivity index (χ4v) is 8.44. The molecule has 4 aliphatic rings. The third-order valence-electron chi connectivity index (χ3n) is 11.5. The minimum atomic E-state index is -3.14. The number of aromatic nitrogens is 5. The summed E-state index contributed by atoms with van der Waals surface area (Å²) in [5.74, 6) is -3.25. The van der Waals surface area contributed by atoms with Crippen LogP contribution in [-0.4, -0.2) is 74.3 Å². The van der Waals surface area contributed by atoms with Crippen LogP contribution in [0.25, 0.3) is 21.8 Å². The Bertz CT molecular complexity index is 2470. The summed E-state index contributed by atoms with van der Waals surface area (Å²) in [7, 11) is 3.45. The van der Waals surface area contributed by atoms with E-state index in [1.165, 1.54) is 4.57 Å². The first kappa shape index (κ1) is 36.1. The number of ether oxygens (including phenoxy) is 1. The minimum Gasteiger partial charge on any atom is -0.480 e. The number of piperidine rings is 2. The minimum absolute atomic E-state index is 0.118. The van der Waals surface area contributed by atoms with E-state index in [-0.39, 0.29) is 29.2 Å². The molecule has 3 atom stereocenters. The molecule has 4 N–H and O–H groups in total. The van der Waals surface area contributed by atoms with E-state index in [1.807, 2.05) is 25.2 Å². The summed E-state index contributed by atoms with van der Waals surface area (Å²) in [6.45, 7) is 1.34. The summed E-state index contributed by atoms with van der Waals surface area (Å²) in [5, 5.41) is 18.8. The van der Waals surface area contributed by atoms with Crippen LogP contribution in [0.3, 0.4) is 0 Å². The van der Waals surface area contributed by atoms with Crippen molar-refractivity contribution in [1.29, 1.82) is 0 Å². The molecule has 1 unspecified atom stereocenters. The van der Waals surface area contributed by atoms with Gasteiger partial charge in [0.25, 0.3) is 5.56 Å². The number of hydrogen-bond acceptors (Lipinski definition) is 11. The van der Waals surface area contributed by atoms with E-state index in [9.17, 15) is 14.4 Å². The van der Waals surface area contributed by atoms with Gasteiger partial charge in [0, 0.05) is 62.3 Å². The van der Waals surface area contributed by atoms with Gasteiger partial charge >= 0.3 is 5.92 Å². The van der Waals surface area contributed by atoms with Crippen LogP contribution in [0.4, 0.5) is 37.6 Å². The number of alkyl halides is 2. The van der Waals surface area contributed by atoms with Crippen LogP contribution in [0, 0.1) is 11.8 Å². The molecular formula is C39H41ClF2N10O4. The second-order valence-corrected chi connectivity index (χ2v) is 15.8. The summed E-state index contributed by atoms with van der Waals surface area (Å²) < 4.78 is 39.0. The number of halogens is 3. The van der Waals surface area contributed by atoms with Crippen molar-refractivity contribution in [3.63, 3.8) is 0 Å². The smallest absolute Gasteiger partial charge is 0.301 e. The largest absolute Gasteiger partial charge is 0.480 e. The molecule has 5 aromatic rings. The first-order chi connectivity index (χ1) is 26.9. The molecule has 14 nitrogen and oxygen atoms in total. The normalized spacial score (nSPS) is 22.2. The second kappa shape index (κ2) is 13.9. The molecule has 292 valence electrons. The van der Waals surface area contributed by atoms with E-state index in [0.29, 0.717) is 77.2 Å². The van der Waals surface area contributed by atoms with Gasteiger partial charge in [0.05, 0.1) is 40.6 Å². The van der Waals surface area contributed by atoms with Crippen LogP contribution >= 0.6 is 11.6 Å². The van der Waals surface area contributed by atoms with Gasteiger partial charge in [-0.15, -0.1) is 0 Å². The maximum Gasteiger partial charge on any atom is 0.301 e. The second-order valence-electron chi connectivity index (χ2n) is 15.4. The Labute approximate surface area is 324 Å². The maximum absolute atomic E-state index is 15.1. The van der Waals surface area contributed by atoms with Gasteiger partial charge in [0.1, 0.15) is 5.02 Å². The van der Waals surface area contributed by atoms with Gasteiger partial charge in [-0.1, -0.05) is 11.6 Å². The first-order valence-corrected chi connectivity index (χ1v) is 19.3. The molecule has 0 bridgehead atoms. The van der Waals surface area contributed by atoms with E-state index in [2.05, 4.69) is 36.2 Å². The van der Waals surface area contributed by atoms with E-state index in [4.69, 9.17) is 21.3 Å². The standard InChI is InChI=1S/C39H41ClF2N10O4/c1-50-28-11-8-23(14-26(28)32-33(37(50)55)56-19-39(41,42)34(47-32)21-5-6-21)45-35-27(40)17-44-38(48-35)52-13-3-4-20(18-52)16-43-22-7-9-24-29(15-22)51(2)49-31(24)25-10-12-30(53)46-36(25)54/h7-9,11,14-15,17,20-21,25,34,43,47H,3-6,10,12-13,16,18-19H2,1-2H3,(H,44,45,48)(H,46,53,54)/t20-,25?,34+/m1/s1. The van der Waals surface area contributed by atoms with E-state index in [1.54, 1.807) is 36.1 Å². The molecular weight excluding hydrogens is 746 g/mol. The number of carbonyl (C=O) groups is 2. The van der Waals surface area contributed by atoms with Crippen LogP contribution in [0.5, 0.6) is 5.75 Å². The Balaban J connectivity index is 0.907. The molecule has 0 radical (unpaired) electrons. The number of aryl methyl sites for hydroxylation is 2. The van der Waals surface area contributed by atoms with E-state index < -0.39 is 30.0 Å². The topological polar surface area (TPSA) is 160 Å². The van der Waals surface area contributed by atoms with Gasteiger partial charge in [-0.25, -0.2) is 13.8 Å². The molecule has 3 aliphatic heterocycles. The van der Waals surface area contributed by atoms with Crippen molar-refractivity contribution in [2.24, 2.45) is 25.9 Å². The van der Waals surface area contributed by atoms with Crippen molar-refractivity contribution in [1.82, 2.24) is 29.6 Å². The third-order valence-corrected chi connectivity index (χ3v) is 11.7. The molecule has 6 heterocycles. The predicted molar refractivity (Wildman–Crippen MR) is 209 cm³/mol. The predicted octanol–water partition coefficient (Wildman–Crippen LogP) is 5.68. The van der Waals surface area contributed by atoms with Gasteiger partial charge in [-0.05, 0) is 80.3 Å². The highest BCUT2D eigenvalue weighted by molar-refractivity contribution is 6.33. The summed E-state index contributed by atoms with van der Waals surface area (Å²) in [5.41, 5.74) is 3.46. The number of imide groups is 1. The Morgan fingerprint density at radius 2 is 1.84 bits per heavy atom. The third kappa shape index (κ3) is 6.62. The van der Waals surface area contributed by atoms with Crippen molar-refractivity contribution in [2.45, 2.75) is 56.4 Å². The van der Waals surface area contributed by atoms with E-state index in [0.717, 1.165) is 42.5 Å². The number of nitrogens with one attached hydrogen (secondary N) is 4. The fraction of sp³-hybridized carbons (Fsp3) is 0.436. The van der Waals surface area contributed by atoms with Gasteiger partial charge in [-0.2, -0.15) is 10.1 Å². The molecule has 2 saturated heterocycles. The Morgan fingerprint density at radius 1 is 1.02 bits per heavy atom. The Kier molecular flexibility index (Phi) is 8.97. The average Bonchev–Trinajstić information content (AvgIpc) is 3.99. The number of fused-ring (bicyclic) bond motifs is 4. The number of hydrogen-bond donors (Lipinski definition) is 4. The quantitative estimate of drug-likeness (QED) is 0.143. The van der Waals surface area contributed by atoms with Crippen molar-refractivity contribution in [3.8, 4) is 5.75 Å². The number of rotatable bonds is 8. The van der Waals surface area contributed by atoms with Gasteiger partial charge in [0.2, 0.25) is 23.5 Å². The lowest BCUT2D eigenvalue weighted by molar-refractivity contribution is -0.134.